The van der Waals surface area contributed by atoms with E-state index in [0.29, 0.717) is 30.0 Å². The van der Waals surface area contributed by atoms with Gasteiger partial charge in [0, 0.05) is 35.9 Å². The highest BCUT2D eigenvalue weighted by molar-refractivity contribution is 6.05. The van der Waals surface area contributed by atoms with Crippen LogP contribution in [0.2, 0.25) is 0 Å². The first-order chi connectivity index (χ1) is 13.3. The third-order valence-corrected chi connectivity index (χ3v) is 5.56. The van der Waals surface area contributed by atoms with Crippen LogP contribution in [-0.2, 0) is 9.53 Å². The lowest BCUT2D eigenvalue weighted by atomic mass is 9.54. The molecule has 0 radical (unpaired) electrons. The van der Waals surface area contributed by atoms with Crippen LogP contribution in [0.4, 0.5) is 11.4 Å². The van der Waals surface area contributed by atoms with Gasteiger partial charge in [-0.3, -0.25) is 14.6 Å². The van der Waals surface area contributed by atoms with Gasteiger partial charge >= 0.3 is 0 Å². The molecule has 3 rings (SSSR count). The van der Waals surface area contributed by atoms with Gasteiger partial charge in [-0.05, 0) is 43.3 Å². The Balaban J connectivity index is 1.63. The zero-order valence-corrected chi connectivity index (χ0v) is 16.4. The van der Waals surface area contributed by atoms with Crippen LogP contribution in [0.5, 0.6) is 0 Å². The molecule has 4 N–H and O–H groups in total. The van der Waals surface area contributed by atoms with E-state index < -0.39 is 11.0 Å². The van der Waals surface area contributed by atoms with Crippen molar-refractivity contribution in [2.75, 3.05) is 17.2 Å². The highest BCUT2D eigenvalue weighted by atomic mass is 16.5. The third kappa shape index (κ3) is 3.63. The number of amides is 2. The maximum absolute atomic E-state index is 12.8. The first-order valence-corrected chi connectivity index (χ1v) is 9.31. The molecule has 2 unspecified atom stereocenters. The molecule has 1 aliphatic rings. The van der Waals surface area contributed by atoms with Gasteiger partial charge in [0.25, 0.3) is 5.91 Å². The minimum atomic E-state index is -0.997. The second kappa shape index (κ2) is 7.69. The van der Waals surface area contributed by atoms with Crippen LogP contribution in [0.1, 0.15) is 37.6 Å². The number of nitrogens with one attached hydrogen (secondary N) is 2. The topological polar surface area (TPSA) is 106 Å². The van der Waals surface area contributed by atoms with E-state index in [4.69, 9.17) is 10.5 Å². The van der Waals surface area contributed by atoms with Gasteiger partial charge in [0.2, 0.25) is 5.91 Å². The highest BCUT2D eigenvalue weighted by Crippen LogP contribution is 2.50. The quantitative estimate of drug-likeness (QED) is 0.712. The molecule has 7 heteroatoms. The molecule has 0 spiro atoms. The lowest BCUT2D eigenvalue weighted by Crippen LogP contribution is -2.74. The average Bonchev–Trinajstić information content (AvgIpc) is 2.69. The van der Waals surface area contributed by atoms with Crippen LogP contribution in [0, 0.1) is 5.41 Å². The molecule has 1 aromatic heterocycles. The molecule has 2 amide bonds. The minimum Gasteiger partial charge on any atom is -0.378 e. The maximum Gasteiger partial charge on any atom is 0.255 e. The molecule has 28 heavy (non-hydrogen) atoms. The van der Waals surface area contributed by atoms with Crippen LogP contribution >= 0.6 is 0 Å². The molecule has 148 valence electrons. The zero-order chi connectivity index (χ0) is 20.4. The van der Waals surface area contributed by atoms with E-state index in [2.05, 4.69) is 15.6 Å². The SMILES string of the molecule is CCOC1CC(N)(C(=O)Nc2ccc(C(=O)Nc3cccnc3)cc2)C1(C)C. The number of nitrogens with two attached hydrogens (primary N) is 1. The lowest BCUT2D eigenvalue weighted by Gasteiger charge is -2.57. The molecule has 1 heterocycles. The Morgan fingerprint density at radius 2 is 1.89 bits per heavy atom. The number of hydrogen-bond acceptors (Lipinski definition) is 5. The van der Waals surface area contributed by atoms with Gasteiger partial charge in [0.05, 0.1) is 18.0 Å². The Morgan fingerprint density at radius 3 is 2.46 bits per heavy atom. The molecular weight excluding hydrogens is 356 g/mol. The zero-order valence-electron chi connectivity index (χ0n) is 16.4. The number of carbonyl (C=O) groups is 2. The molecule has 0 bridgehead atoms. The normalized spacial score (nSPS) is 22.8. The van der Waals surface area contributed by atoms with Crippen molar-refractivity contribution in [3.8, 4) is 0 Å². The Labute approximate surface area is 164 Å². The number of carbonyl (C=O) groups excluding carboxylic acids is 2. The van der Waals surface area contributed by atoms with Gasteiger partial charge in [-0.2, -0.15) is 0 Å². The van der Waals surface area contributed by atoms with Crippen molar-refractivity contribution in [3.63, 3.8) is 0 Å². The van der Waals surface area contributed by atoms with E-state index >= 15 is 0 Å². The summed E-state index contributed by atoms with van der Waals surface area (Å²) in [4.78, 5) is 29.0. The predicted octanol–water partition coefficient (Wildman–Crippen LogP) is 2.80. The molecule has 7 nitrogen and oxygen atoms in total. The van der Waals surface area contributed by atoms with E-state index in [1.165, 1.54) is 0 Å². The van der Waals surface area contributed by atoms with Crippen molar-refractivity contribution in [3.05, 3.63) is 54.4 Å². The van der Waals surface area contributed by atoms with Gasteiger partial charge in [0.1, 0.15) is 5.54 Å². The van der Waals surface area contributed by atoms with Crippen LogP contribution in [-0.4, -0.2) is 35.0 Å². The van der Waals surface area contributed by atoms with E-state index in [0.717, 1.165) is 0 Å². The monoisotopic (exact) mass is 382 g/mol. The average molecular weight is 382 g/mol. The van der Waals surface area contributed by atoms with Crippen LogP contribution in [0.3, 0.4) is 0 Å². The van der Waals surface area contributed by atoms with Gasteiger partial charge in [0.15, 0.2) is 0 Å². The number of hydrogen-bond donors (Lipinski definition) is 3. The van der Waals surface area contributed by atoms with Gasteiger partial charge in [-0.25, -0.2) is 0 Å². The first kappa shape index (κ1) is 20.0. The van der Waals surface area contributed by atoms with Crippen molar-refractivity contribution in [1.29, 1.82) is 0 Å². The summed E-state index contributed by atoms with van der Waals surface area (Å²) < 4.78 is 5.67. The summed E-state index contributed by atoms with van der Waals surface area (Å²) in [5, 5.41) is 5.62. The fraction of sp³-hybridized carbons (Fsp3) is 0.381. The number of aromatic nitrogens is 1. The smallest absolute Gasteiger partial charge is 0.255 e. The summed E-state index contributed by atoms with van der Waals surface area (Å²) in [6.07, 6.45) is 3.65. The van der Waals surface area contributed by atoms with Gasteiger partial charge in [-0.1, -0.05) is 13.8 Å². The van der Waals surface area contributed by atoms with Gasteiger partial charge in [-0.15, -0.1) is 0 Å². The highest BCUT2D eigenvalue weighted by Gasteiger charge is 2.62. The Morgan fingerprint density at radius 1 is 1.18 bits per heavy atom. The minimum absolute atomic E-state index is 0.0354. The van der Waals surface area contributed by atoms with E-state index in [9.17, 15) is 9.59 Å². The molecule has 1 aliphatic carbocycles. The standard InChI is InChI=1S/C21H26N4O3/c1-4-28-17-12-21(22,20(17,2)3)19(27)25-15-9-7-14(8-10-15)18(26)24-16-6-5-11-23-13-16/h5-11,13,17H,4,12,22H2,1-3H3,(H,24,26)(H,25,27). The first-order valence-electron chi connectivity index (χ1n) is 9.31. The molecule has 1 fully saturated rings. The van der Waals surface area contributed by atoms with Crippen molar-refractivity contribution >= 4 is 23.2 Å². The molecule has 1 aromatic carbocycles. The van der Waals surface area contributed by atoms with Crippen LogP contribution in [0.15, 0.2) is 48.8 Å². The largest absolute Gasteiger partial charge is 0.378 e. The molecule has 0 aliphatic heterocycles. The summed E-state index contributed by atoms with van der Waals surface area (Å²) in [6.45, 7) is 6.41. The van der Waals surface area contributed by atoms with Crippen molar-refractivity contribution < 1.29 is 14.3 Å². The van der Waals surface area contributed by atoms with E-state index in [-0.39, 0.29) is 17.9 Å². The Kier molecular flexibility index (Phi) is 5.49. The second-order valence-electron chi connectivity index (χ2n) is 7.57. The van der Waals surface area contributed by atoms with E-state index in [1.54, 1.807) is 48.8 Å². The van der Waals surface area contributed by atoms with E-state index in [1.807, 2.05) is 20.8 Å². The fourth-order valence-corrected chi connectivity index (χ4v) is 3.41. The second-order valence-corrected chi connectivity index (χ2v) is 7.57. The number of ether oxygens (including phenoxy) is 1. The number of anilines is 2. The number of rotatable bonds is 6. The Hall–Kier alpha value is -2.77. The number of pyridine rings is 1. The van der Waals surface area contributed by atoms with Crippen LogP contribution < -0.4 is 16.4 Å². The molecule has 2 aromatic rings. The number of nitrogens with zero attached hydrogens (tertiary/aromatic N) is 1. The summed E-state index contributed by atoms with van der Waals surface area (Å²) in [5.41, 5.74) is 6.62. The van der Waals surface area contributed by atoms with Crippen LogP contribution in [0.25, 0.3) is 0 Å². The summed E-state index contributed by atoms with van der Waals surface area (Å²) >= 11 is 0. The summed E-state index contributed by atoms with van der Waals surface area (Å²) in [6, 6.07) is 10.2. The number of benzene rings is 1. The molecular formula is C21H26N4O3. The predicted molar refractivity (Wildman–Crippen MR) is 108 cm³/mol. The lowest BCUT2D eigenvalue weighted by molar-refractivity contribution is -0.166. The van der Waals surface area contributed by atoms with Crippen molar-refractivity contribution in [2.45, 2.75) is 38.8 Å². The third-order valence-electron chi connectivity index (χ3n) is 5.56. The molecule has 2 atom stereocenters. The molecule has 1 saturated carbocycles. The van der Waals surface area contributed by atoms with Crippen molar-refractivity contribution in [1.82, 2.24) is 4.98 Å². The van der Waals surface area contributed by atoms with Crippen molar-refractivity contribution in [2.24, 2.45) is 11.1 Å². The fourth-order valence-electron chi connectivity index (χ4n) is 3.41. The Bertz CT molecular complexity index is 852. The molecule has 0 saturated heterocycles. The maximum atomic E-state index is 12.8. The summed E-state index contributed by atoms with van der Waals surface area (Å²) in [7, 11) is 0. The summed E-state index contributed by atoms with van der Waals surface area (Å²) in [5.74, 6) is -0.498. The van der Waals surface area contributed by atoms with Gasteiger partial charge < -0.3 is 21.1 Å².